The molecule has 0 radical (unpaired) electrons. The first-order valence-corrected chi connectivity index (χ1v) is 10.2. The molecule has 1 aliphatic heterocycles. The monoisotopic (exact) mass is 380 g/mol. The Morgan fingerprint density at radius 1 is 0.621 bits per heavy atom. The van der Waals surface area contributed by atoms with Crippen molar-refractivity contribution in [2.75, 3.05) is 0 Å². The lowest BCUT2D eigenvalue weighted by molar-refractivity contribution is 0.00578. The van der Waals surface area contributed by atoms with Gasteiger partial charge in [0, 0.05) is 0 Å². The van der Waals surface area contributed by atoms with Crippen LogP contribution < -0.4 is 5.46 Å². The lowest BCUT2D eigenvalue weighted by Gasteiger charge is -2.32. The summed E-state index contributed by atoms with van der Waals surface area (Å²) in [5.41, 5.74) is 2.81. The molecule has 1 aliphatic rings. The van der Waals surface area contributed by atoms with E-state index in [9.17, 15) is 0 Å². The Hall–Kier alpha value is -2.62. The Balaban J connectivity index is 1.70. The topological polar surface area (TPSA) is 18.5 Å². The third-order valence-electron chi connectivity index (χ3n) is 6.47. The quantitative estimate of drug-likeness (QED) is 0.316. The fourth-order valence-corrected chi connectivity index (χ4v) is 4.14. The van der Waals surface area contributed by atoms with Crippen molar-refractivity contribution in [3.8, 4) is 11.1 Å². The van der Waals surface area contributed by atoms with Crippen molar-refractivity contribution in [3.05, 3.63) is 78.9 Å². The predicted octanol–water partition coefficient (Wildman–Crippen LogP) is 5.96. The summed E-state index contributed by atoms with van der Waals surface area (Å²) in [6, 6.07) is 28.1. The van der Waals surface area contributed by atoms with E-state index in [2.05, 4.69) is 107 Å². The van der Waals surface area contributed by atoms with Crippen molar-refractivity contribution >= 4 is 34.1 Å². The van der Waals surface area contributed by atoms with Crippen molar-refractivity contribution in [1.82, 2.24) is 0 Å². The number of hydrogen-bond donors (Lipinski definition) is 0. The maximum absolute atomic E-state index is 6.29. The molecule has 0 unspecified atom stereocenters. The molecular weight excluding hydrogens is 355 g/mol. The second-order valence-corrected chi connectivity index (χ2v) is 8.91. The first-order valence-electron chi connectivity index (χ1n) is 10.2. The molecule has 0 atom stereocenters. The lowest BCUT2D eigenvalue weighted by atomic mass is 9.77. The van der Waals surface area contributed by atoms with Crippen molar-refractivity contribution in [2.45, 2.75) is 38.9 Å². The van der Waals surface area contributed by atoms with Crippen LogP contribution in [0.1, 0.15) is 27.7 Å². The van der Waals surface area contributed by atoms with E-state index in [-0.39, 0.29) is 18.3 Å². The smallest absolute Gasteiger partial charge is 0.399 e. The van der Waals surface area contributed by atoms with Crippen LogP contribution in [0.5, 0.6) is 0 Å². The van der Waals surface area contributed by atoms with E-state index in [0.717, 1.165) is 5.46 Å². The van der Waals surface area contributed by atoms with E-state index in [4.69, 9.17) is 9.31 Å². The van der Waals surface area contributed by atoms with Crippen LogP contribution in [0.3, 0.4) is 0 Å². The van der Waals surface area contributed by atoms with E-state index in [0.29, 0.717) is 0 Å². The first-order chi connectivity index (χ1) is 13.9. The number of fused-ring (bicyclic) bond motifs is 2. The largest absolute Gasteiger partial charge is 0.494 e. The molecule has 1 heterocycles. The molecule has 0 aliphatic carbocycles. The van der Waals surface area contributed by atoms with E-state index in [1.54, 1.807) is 0 Å². The average molecular weight is 380 g/mol. The Kier molecular flexibility index (Phi) is 4.09. The van der Waals surface area contributed by atoms with Crippen molar-refractivity contribution in [1.29, 1.82) is 0 Å². The zero-order chi connectivity index (χ0) is 20.2. The summed E-state index contributed by atoms with van der Waals surface area (Å²) >= 11 is 0. The van der Waals surface area contributed by atoms with Gasteiger partial charge in [0.15, 0.2) is 0 Å². The summed E-state index contributed by atoms with van der Waals surface area (Å²) < 4.78 is 12.6. The van der Waals surface area contributed by atoms with Gasteiger partial charge in [-0.05, 0) is 71.9 Å². The van der Waals surface area contributed by atoms with Crippen LogP contribution in [-0.4, -0.2) is 18.3 Å². The SMILES string of the molecule is CC1(C)OB(c2cccc(-c3c4ccccc4cc4ccccc34)c2)OC1(C)C. The molecular formula is C26H25BO2. The van der Waals surface area contributed by atoms with Gasteiger partial charge in [0.25, 0.3) is 0 Å². The van der Waals surface area contributed by atoms with Crippen LogP contribution >= 0.6 is 0 Å². The Morgan fingerprint density at radius 2 is 1.17 bits per heavy atom. The van der Waals surface area contributed by atoms with Gasteiger partial charge in [-0.2, -0.15) is 0 Å². The molecule has 0 saturated carbocycles. The fraction of sp³-hybridized carbons (Fsp3) is 0.231. The van der Waals surface area contributed by atoms with E-state index >= 15 is 0 Å². The molecule has 3 heteroatoms. The summed E-state index contributed by atoms with van der Waals surface area (Å²) in [4.78, 5) is 0. The Labute approximate surface area is 172 Å². The molecule has 4 aromatic carbocycles. The molecule has 1 fully saturated rings. The third kappa shape index (κ3) is 2.97. The highest BCUT2D eigenvalue weighted by Crippen LogP contribution is 2.38. The summed E-state index contributed by atoms with van der Waals surface area (Å²) in [7, 11) is -0.360. The van der Waals surface area contributed by atoms with Crippen LogP contribution in [0.25, 0.3) is 32.7 Å². The lowest BCUT2D eigenvalue weighted by Crippen LogP contribution is -2.41. The minimum atomic E-state index is -0.360. The maximum atomic E-state index is 6.29. The molecule has 0 spiro atoms. The summed E-state index contributed by atoms with van der Waals surface area (Å²) in [5, 5.41) is 5.03. The molecule has 1 saturated heterocycles. The molecule has 29 heavy (non-hydrogen) atoms. The number of hydrogen-bond acceptors (Lipinski definition) is 2. The Bertz CT molecular complexity index is 1160. The molecule has 5 rings (SSSR count). The maximum Gasteiger partial charge on any atom is 0.494 e. The minimum absolute atomic E-state index is 0.347. The van der Waals surface area contributed by atoms with E-state index in [1.807, 2.05) is 0 Å². The van der Waals surface area contributed by atoms with Gasteiger partial charge in [0.05, 0.1) is 11.2 Å². The van der Waals surface area contributed by atoms with E-state index < -0.39 is 0 Å². The summed E-state index contributed by atoms with van der Waals surface area (Å²) in [6.45, 7) is 8.37. The number of rotatable bonds is 2. The summed E-state index contributed by atoms with van der Waals surface area (Å²) in [6.07, 6.45) is 0. The zero-order valence-electron chi connectivity index (χ0n) is 17.4. The van der Waals surface area contributed by atoms with Crippen molar-refractivity contribution in [3.63, 3.8) is 0 Å². The van der Waals surface area contributed by atoms with E-state index in [1.165, 1.54) is 32.7 Å². The van der Waals surface area contributed by atoms with Crippen molar-refractivity contribution < 1.29 is 9.31 Å². The molecule has 0 N–H and O–H groups in total. The zero-order valence-corrected chi connectivity index (χ0v) is 17.4. The van der Waals surface area contributed by atoms with Gasteiger partial charge in [-0.25, -0.2) is 0 Å². The predicted molar refractivity (Wildman–Crippen MR) is 123 cm³/mol. The molecule has 144 valence electrons. The second-order valence-electron chi connectivity index (χ2n) is 8.91. The second kappa shape index (κ2) is 6.45. The van der Waals surface area contributed by atoms with Gasteiger partial charge in [-0.1, -0.05) is 72.8 Å². The number of benzene rings is 4. The fourth-order valence-electron chi connectivity index (χ4n) is 4.14. The molecule has 0 amide bonds. The average Bonchev–Trinajstić information content (AvgIpc) is 2.93. The Morgan fingerprint density at radius 3 is 1.76 bits per heavy atom. The highest BCUT2D eigenvalue weighted by Gasteiger charge is 2.51. The molecule has 0 bridgehead atoms. The van der Waals surface area contributed by atoms with Gasteiger partial charge in [0.1, 0.15) is 0 Å². The first kappa shape index (κ1) is 18.4. The van der Waals surface area contributed by atoms with Crippen LogP contribution in [0, 0.1) is 0 Å². The third-order valence-corrected chi connectivity index (χ3v) is 6.47. The van der Waals surface area contributed by atoms with Gasteiger partial charge in [-0.15, -0.1) is 0 Å². The molecule has 4 aromatic rings. The van der Waals surface area contributed by atoms with Gasteiger partial charge >= 0.3 is 7.12 Å². The van der Waals surface area contributed by atoms with Crippen LogP contribution in [0.4, 0.5) is 0 Å². The van der Waals surface area contributed by atoms with Crippen LogP contribution in [0.15, 0.2) is 78.9 Å². The standard InChI is InChI=1S/C26H25BO2/c1-25(2)26(3,4)29-27(28-25)21-13-9-12-20(17-21)24-22-14-7-5-10-18(22)16-19-11-6-8-15-23(19)24/h5-17H,1-4H3. The normalized spacial score (nSPS) is 17.9. The van der Waals surface area contributed by atoms with Gasteiger partial charge < -0.3 is 9.31 Å². The van der Waals surface area contributed by atoms with Crippen LogP contribution in [-0.2, 0) is 9.31 Å². The molecule has 0 aromatic heterocycles. The van der Waals surface area contributed by atoms with Crippen molar-refractivity contribution in [2.24, 2.45) is 0 Å². The molecule has 2 nitrogen and oxygen atoms in total. The highest BCUT2D eigenvalue weighted by atomic mass is 16.7. The highest BCUT2D eigenvalue weighted by molar-refractivity contribution is 6.62. The van der Waals surface area contributed by atoms with Gasteiger partial charge in [0.2, 0.25) is 0 Å². The summed E-state index contributed by atoms with van der Waals surface area (Å²) in [5.74, 6) is 0. The minimum Gasteiger partial charge on any atom is -0.399 e. The van der Waals surface area contributed by atoms with Crippen LogP contribution in [0.2, 0.25) is 0 Å². The van der Waals surface area contributed by atoms with Gasteiger partial charge in [-0.3, -0.25) is 0 Å².